The number of benzene rings is 1. The first kappa shape index (κ1) is 18.7. The molecular formula is C20H24N4O3S. The molecule has 4 rings (SSSR count). The van der Waals surface area contributed by atoms with Gasteiger partial charge in [-0.25, -0.2) is 9.78 Å². The van der Waals surface area contributed by atoms with Crippen LogP contribution in [0, 0.1) is 0 Å². The van der Waals surface area contributed by atoms with Gasteiger partial charge in [-0.05, 0) is 49.9 Å². The van der Waals surface area contributed by atoms with Crippen molar-refractivity contribution in [3.63, 3.8) is 0 Å². The lowest BCUT2D eigenvalue weighted by Gasteiger charge is -2.34. The van der Waals surface area contributed by atoms with E-state index in [-0.39, 0.29) is 11.9 Å². The number of thiazole rings is 1. The molecule has 1 aliphatic carbocycles. The number of carbonyl (C=O) groups excluding carboxylic acids is 2. The molecule has 1 fully saturated rings. The van der Waals surface area contributed by atoms with Gasteiger partial charge in [-0.1, -0.05) is 0 Å². The Labute approximate surface area is 168 Å². The van der Waals surface area contributed by atoms with Gasteiger partial charge in [-0.15, -0.1) is 11.3 Å². The van der Waals surface area contributed by atoms with Gasteiger partial charge in [0.15, 0.2) is 5.13 Å². The summed E-state index contributed by atoms with van der Waals surface area (Å²) in [7, 11) is 1.60. The summed E-state index contributed by atoms with van der Waals surface area (Å²) in [6.07, 6.45) is 4.45. The van der Waals surface area contributed by atoms with E-state index >= 15 is 0 Å². The molecule has 2 aromatic rings. The number of rotatable bonds is 3. The van der Waals surface area contributed by atoms with Crippen LogP contribution < -0.4 is 10.1 Å². The van der Waals surface area contributed by atoms with Gasteiger partial charge in [0.25, 0.3) is 5.91 Å². The predicted molar refractivity (Wildman–Crippen MR) is 108 cm³/mol. The second-order valence-corrected chi connectivity index (χ2v) is 8.12. The molecule has 28 heavy (non-hydrogen) atoms. The zero-order valence-corrected chi connectivity index (χ0v) is 16.8. The Kier molecular flexibility index (Phi) is 5.47. The van der Waals surface area contributed by atoms with Crippen molar-refractivity contribution >= 4 is 28.4 Å². The van der Waals surface area contributed by atoms with Crippen molar-refractivity contribution in [1.29, 1.82) is 0 Å². The van der Waals surface area contributed by atoms with E-state index in [1.165, 1.54) is 17.7 Å². The maximum absolute atomic E-state index is 12.6. The summed E-state index contributed by atoms with van der Waals surface area (Å²) in [6, 6.07) is 6.96. The van der Waals surface area contributed by atoms with Crippen LogP contribution in [0.5, 0.6) is 5.75 Å². The summed E-state index contributed by atoms with van der Waals surface area (Å²) in [5.74, 6) is 0.706. The number of fused-ring (bicyclic) bond motifs is 1. The summed E-state index contributed by atoms with van der Waals surface area (Å²) in [5, 5.41) is 3.62. The number of ether oxygens (including phenoxy) is 1. The Hall–Kier alpha value is -2.61. The van der Waals surface area contributed by atoms with Gasteiger partial charge < -0.3 is 14.5 Å². The third-order valence-corrected chi connectivity index (χ3v) is 6.32. The summed E-state index contributed by atoms with van der Waals surface area (Å²) >= 11 is 1.59. The zero-order valence-electron chi connectivity index (χ0n) is 15.9. The molecule has 1 aliphatic heterocycles. The molecule has 0 spiro atoms. The quantitative estimate of drug-likeness (QED) is 0.859. The predicted octanol–water partition coefficient (Wildman–Crippen LogP) is 3.02. The van der Waals surface area contributed by atoms with Crippen LogP contribution >= 0.6 is 11.3 Å². The number of nitrogens with zero attached hydrogens (tertiary/aromatic N) is 3. The molecule has 2 heterocycles. The van der Waals surface area contributed by atoms with Crippen LogP contribution in [-0.2, 0) is 12.8 Å². The second-order valence-electron chi connectivity index (χ2n) is 7.03. The molecule has 0 saturated carbocycles. The van der Waals surface area contributed by atoms with Gasteiger partial charge in [0.1, 0.15) is 5.75 Å². The van der Waals surface area contributed by atoms with Crippen molar-refractivity contribution in [3.05, 3.63) is 40.4 Å². The Balaban J connectivity index is 1.31. The highest BCUT2D eigenvalue weighted by Crippen LogP contribution is 2.29. The minimum atomic E-state index is -0.136. The van der Waals surface area contributed by atoms with E-state index in [1.54, 1.807) is 52.5 Å². The summed E-state index contributed by atoms with van der Waals surface area (Å²) in [5.41, 5.74) is 1.77. The Morgan fingerprint density at radius 1 is 1.04 bits per heavy atom. The smallest absolute Gasteiger partial charge is 0.323 e. The number of methoxy groups -OCH3 is 1. The fourth-order valence-corrected chi connectivity index (χ4v) is 4.64. The monoisotopic (exact) mass is 400 g/mol. The van der Waals surface area contributed by atoms with Crippen molar-refractivity contribution in [2.24, 2.45) is 0 Å². The van der Waals surface area contributed by atoms with Crippen LogP contribution in [0.25, 0.3) is 0 Å². The number of aryl methyl sites for hydroxylation is 2. The van der Waals surface area contributed by atoms with E-state index < -0.39 is 0 Å². The van der Waals surface area contributed by atoms with Crippen LogP contribution in [0.3, 0.4) is 0 Å². The number of piperazine rings is 1. The number of aromatic nitrogens is 1. The van der Waals surface area contributed by atoms with Gasteiger partial charge in [-0.3, -0.25) is 10.1 Å². The molecule has 1 N–H and O–H groups in total. The van der Waals surface area contributed by atoms with E-state index in [0.29, 0.717) is 36.9 Å². The first-order valence-electron chi connectivity index (χ1n) is 9.62. The Bertz CT molecular complexity index is 833. The van der Waals surface area contributed by atoms with Gasteiger partial charge in [0, 0.05) is 36.6 Å². The standard InChI is InChI=1S/C20H24N4O3S/c1-27-15-8-6-14(7-9-15)18(25)23-10-12-24(13-11-23)20(26)22-19-21-16-4-2-3-5-17(16)28-19/h6-9H,2-5,10-13H2,1H3,(H,21,22,26). The minimum Gasteiger partial charge on any atom is -0.497 e. The molecule has 2 aliphatic rings. The van der Waals surface area contributed by atoms with Crippen LogP contribution in [0.1, 0.15) is 33.8 Å². The van der Waals surface area contributed by atoms with Crippen molar-refractivity contribution in [3.8, 4) is 5.75 Å². The lowest BCUT2D eigenvalue weighted by atomic mass is 10.0. The Morgan fingerprint density at radius 2 is 1.71 bits per heavy atom. The molecule has 1 aromatic heterocycles. The van der Waals surface area contributed by atoms with Crippen molar-refractivity contribution in [1.82, 2.24) is 14.8 Å². The second kappa shape index (κ2) is 8.18. The van der Waals surface area contributed by atoms with Gasteiger partial charge in [-0.2, -0.15) is 0 Å². The average molecular weight is 401 g/mol. The third-order valence-electron chi connectivity index (χ3n) is 5.25. The lowest BCUT2D eigenvalue weighted by Crippen LogP contribution is -2.51. The van der Waals surface area contributed by atoms with Crippen LogP contribution in [0.2, 0.25) is 0 Å². The van der Waals surface area contributed by atoms with Crippen molar-refractivity contribution < 1.29 is 14.3 Å². The maximum Gasteiger partial charge on any atom is 0.323 e. The normalized spacial score (nSPS) is 16.5. The summed E-state index contributed by atoms with van der Waals surface area (Å²) in [6.45, 7) is 2.07. The van der Waals surface area contributed by atoms with Gasteiger partial charge in [0.05, 0.1) is 12.8 Å². The fourth-order valence-electron chi connectivity index (χ4n) is 3.60. The van der Waals surface area contributed by atoms with Crippen LogP contribution in [0.4, 0.5) is 9.93 Å². The third kappa shape index (κ3) is 3.96. The molecule has 0 unspecified atom stereocenters. The number of urea groups is 1. The molecule has 3 amide bonds. The number of carbonyl (C=O) groups is 2. The molecule has 0 bridgehead atoms. The fraction of sp³-hybridized carbons (Fsp3) is 0.450. The maximum atomic E-state index is 12.6. The number of hydrogen-bond acceptors (Lipinski definition) is 5. The van der Waals surface area contributed by atoms with Crippen molar-refractivity contribution in [2.75, 3.05) is 38.6 Å². The average Bonchev–Trinajstić information content (AvgIpc) is 3.15. The molecule has 1 saturated heterocycles. The van der Waals surface area contributed by atoms with E-state index in [2.05, 4.69) is 10.3 Å². The number of nitrogens with one attached hydrogen (secondary N) is 1. The van der Waals surface area contributed by atoms with E-state index in [9.17, 15) is 9.59 Å². The molecule has 7 nitrogen and oxygen atoms in total. The molecular weight excluding hydrogens is 376 g/mol. The molecule has 148 valence electrons. The summed E-state index contributed by atoms with van der Waals surface area (Å²) < 4.78 is 5.13. The van der Waals surface area contributed by atoms with E-state index in [1.807, 2.05) is 0 Å². The SMILES string of the molecule is COc1ccc(C(=O)N2CCN(C(=O)Nc3nc4c(s3)CCCC4)CC2)cc1. The highest BCUT2D eigenvalue weighted by Gasteiger charge is 2.26. The topological polar surface area (TPSA) is 74.8 Å². The first-order chi connectivity index (χ1) is 13.6. The number of anilines is 1. The molecule has 1 aromatic carbocycles. The number of amides is 3. The highest BCUT2D eigenvalue weighted by atomic mass is 32.1. The largest absolute Gasteiger partial charge is 0.497 e. The molecule has 0 atom stereocenters. The van der Waals surface area contributed by atoms with Gasteiger partial charge in [0.2, 0.25) is 0 Å². The molecule has 0 radical (unpaired) electrons. The Morgan fingerprint density at radius 3 is 2.39 bits per heavy atom. The van der Waals surface area contributed by atoms with Gasteiger partial charge >= 0.3 is 6.03 Å². The van der Waals surface area contributed by atoms with Crippen LogP contribution in [-0.4, -0.2) is 60.0 Å². The lowest BCUT2D eigenvalue weighted by molar-refractivity contribution is 0.0671. The number of hydrogen-bond donors (Lipinski definition) is 1. The highest BCUT2D eigenvalue weighted by molar-refractivity contribution is 7.15. The van der Waals surface area contributed by atoms with E-state index in [4.69, 9.17) is 4.74 Å². The molecule has 8 heteroatoms. The zero-order chi connectivity index (χ0) is 19.5. The first-order valence-corrected chi connectivity index (χ1v) is 10.4. The van der Waals surface area contributed by atoms with Crippen molar-refractivity contribution in [2.45, 2.75) is 25.7 Å². The van der Waals surface area contributed by atoms with E-state index in [0.717, 1.165) is 24.3 Å². The minimum absolute atomic E-state index is 0.0182. The summed E-state index contributed by atoms with van der Waals surface area (Å²) in [4.78, 5) is 34.6. The van der Waals surface area contributed by atoms with Crippen LogP contribution in [0.15, 0.2) is 24.3 Å².